The molecule has 1 saturated heterocycles. The normalized spacial score (nSPS) is 15.7. The molecule has 2 amide bonds. The molecule has 1 fully saturated rings. The smallest absolute Gasteiger partial charge is 0.317 e. The van der Waals surface area contributed by atoms with Crippen LogP contribution in [0.3, 0.4) is 0 Å². The highest BCUT2D eigenvalue weighted by atomic mass is 16.2. The first-order valence-corrected chi connectivity index (χ1v) is 7.87. The van der Waals surface area contributed by atoms with E-state index in [0.29, 0.717) is 19.6 Å². The Labute approximate surface area is 135 Å². The molecule has 0 unspecified atom stereocenters. The van der Waals surface area contributed by atoms with Gasteiger partial charge in [0.25, 0.3) is 0 Å². The summed E-state index contributed by atoms with van der Waals surface area (Å²) in [7, 11) is 1.91. The molecule has 1 aliphatic rings. The van der Waals surface area contributed by atoms with Crippen molar-refractivity contribution >= 4 is 6.03 Å². The Balaban J connectivity index is 1.61. The van der Waals surface area contributed by atoms with E-state index in [1.807, 2.05) is 41.9 Å². The predicted octanol–water partition coefficient (Wildman–Crippen LogP) is 1.11. The van der Waals surface area contributed by atoms with Crippen LogP contribution in [0.15, 0.2) is 30.3 Å². The van der Waals surface area contributed by atoms with E-state index >= 15 is 0 Å². The number of hydrogen-bond acceptors (Lipinski definition) is 4. The number of carbonyl (C=O) groups excluding carboxylic acids is 1. The van der Waals surface area contributed by atoms with Crippen molar-refractivity contribution in [1.82, 2.24) is 25.0 Å². The number of nitrogens with two attached hydrogens (primary N) is 1. The molecule has 7 heteroatoms. The van der Waals surface area contributed by atoms with Crippen molar-refractivity contribution in [3.05, 3.63) is 36.2 Å². The summed E-state index contributed by atoms with van der Waals surface area (Å²) in [5, 5.41) is 11.3. The van der Waals surface area contributed by atoms with Crippen LogP contribution in [0.2, 0.25) is 0 Å². The van der Waals surface area contributed by atoms with Gasteiger partial charge in [-0.3, -0.25) is 0 Å². The summed E-state index contributed by atoms with van der Waals surface area (Å²) in [6, 6.07) is 10.0. The summed E-state index contributed by atoms with van der Waals surface area (Å²) in [4.78, 5) is 14.0. The van der Waals surface area contributed by atoms with Crippen LogP contribution >= 0.6 is 0 Å². The third-order valence-corrected chi connectivity index (χ3v) is 4.22. The molecule has 0 aliphatic carbocycles. The molecule has 1 aromatic carbocycles. The molecule has 3 N–H and O–H groups in total. The van der Waals surface area contributed by atoms with E-state index in [1.54, 1.807) is 4.90 Å². The van der Waals surface area contributed by atoms with Gasteiger partial charge in [0.15, 0.2) is 11.6 Å². The number of urea groups is 1. The highest BCUT2D eigenvalue weighted by molar-refractivity contribution is 5.74. The van der Waals surface area contributed by atoms with E-state index in [-0.39, 0.29) is 12.1 Å². The first kappa shape index (κ1) is 15.5. The van der Waals surface area contributed by atoms with Crippen molar-refractivity contribution in [3.63, 3.8) is 0 Å². The summed E-state index contributed by atoms with van der Waals surface area (Å²) < 4.78 is 1.90. The minimum atomic E-state index is -0.0684. The van der Waals surface area contributed by atoms with Crippen LogP contribution in [-0.2, 0) is 13.6 Å². The maximum absolute atomic E-state index is 12.2. The fourth-order valence-electron chi connectivity index (χ4n) is 2.72. The second kappa shape index (κ2) is 6.78. The Hall–Kier alpha value is -2.41. The number of nitrogens with zero attached hydrogens (tertiary/aromatic N) is 4. The van der Waals surface area contributed by atoms with Gasteiger partial charge in [0, 0.05) is 31.7 Å². The lowest BCUT2D eigenvalue weighted by atomic mass is 10.1. The molecule has 2 aromatic rings. The SMILES string of the molecule is Cn1c(CNC(=O)N2CCC(N)CC2)nnc1-c1ccccc1. The molecule has 0 spiro atoms. The fraction of sp³-hybridized carbons (Fsp3) is 0.438. The minimum Gasteiger partial charge on any atom is -0.331 e. The first-order valence-electron chi connectivity index (χ1n) is 7.87. The first-order chi connectivity index (χ1) is 11.1. The Kier molecular flexibility index (Phi) is 4.57. The summed E-state index contributed by atoms with van der Waals surface area (Å²) >= 11 is 0. The van der Waals surface area contributed by atoms with Crippen molar-refractivity contribution in [1.29, 1.82) is 0 Å². The molecule has 0 saturated carbocycles. The van der Waals surface area contributed by atoms with Gasteiger partial charge < -0.3 is 20.5 Å². The predicted molar refractivity (Wildman–Crippen MR) is 87.5 cm³/mol. The molecule has 0 bridgehead atoms. The molecule has 3 rings (SSSR count). The van der Waals surface area contributed by atoms with Crippen molar-refractivity contribution in [2.75, 3.05) is 13.1 Å². The summed E-state index contributed by atoms with van der Waals surface area (Å²) in [6.07, 6.45) is 1.71. The average molecular weight is 314 g/mol. The lowest BCUT2D eigenvalue weighted by molar-refractivity contribution is 0.181. The van der Waals surface area contributed by atoms with Crippen LogP contribution in [0.25, 0.3) is 11.4 Å². The molecule has 0 atom stereocenters. The number of piperidine rings is 1. The van der Waals surface area contributed by atoms with Gasteiger partial charge in [-0.2, -0.15) is 0 Å². The second-order valence-corrected chi connectivity index (χ2v) is 5.85. The Morgan fingerprint density at radius 3 is 2.65 bits per heavy atom. The Morgan fingerprint density at radius 2 is 1.96 bits per heavy atom. The van der Waals surface area contributed by atoms with Crippen LogP contribution in [0.4, 0.5) is 4.79 Å². The van der Waals surface area contributed by atoms with Gasteiger partial charge in [-0.05, 0) is 12.8 Å². The lowest BCUT2D eigenvalue weighted by Crippen LogP contribution is -2.47. The zero-order valence-electron chi connectivity index (χ0n) is 13.3. The number of carbonyl (C=O) groups is 1. The third-order valence-electron chi connectivity index (χ3n) is 4.22. The number of amides is 2. The van der Waals surface area contributed by atoms with Crippen molar-refractivity contribution in [2.45, 2.75) is 25.4 Å². The quantitative estimate of drug-likeness (QED) is 0.888. The van der Waals surface area contributed by atoms with Crippen LogP contribution in [-0.4, -0.2) is 44.8 Å². The van der Waals surface area contributed by atoms with Crippen molar-refractivity contribution in [2.24, 2.45) is 12.8 Å². The van der Waals surface area contributed by atoms with E-state index in [0.717, 1.165) is 30.1 Å². The van der Waals surface area contributed by atoms with E-state index in [9.17, 15) is 4.79 Å². The molecule has 2 heterocycles. The number of likely N-dealkylation sites (tertiary alicyclic amines) is 1. The van der Waals surface area contributed by atoms with Gasteiger partial charge >= 0.3 is 6.03 Å². The van der Waals surface area contributed by atoms with Crippen LogP contribution < -0.4 is 11.1 Å². The van der Waals surface area contributed by atoms with E-state index in [4.69, 9.17) is 5.73 Å². The maximum atomic E-state index is 12.2. The third kappa shape index (κ3) is 3.50. The molecule has 1 aromatic heterocycles. The topological polar surface area (TPSA) is 89.1 Å². The van der Waals surface area contributed by atoms with Crippen molar-refractivity contribution < 1.29 is 4.79 Å². The van der Waals surface area contributed by atoms with E-state index < -0.39 is 0 Å². The Bertz CT molecular complexity index is 660. The fourth-order valence-corrected chi connectivity index (χ4v) is 2.72. The number of benzene rings is 1. The molecular formula is C16H22N6O. The summed E-state index contributed by atoms with van der Waals surface area (Å²) in [5.41, 5.74) is 6.86. The zero-order valence-corrected chi connectivity index (χ0v) is 13.3. The number of aromatic nitrogens is 3. The summed E-state index contributed by atoms with van der Waals surface area (Å²) in [5.74, 6) is 1.52. The lowest BCUT2D eigenvalue weighted by Gasteiger charge is -2.30. The zero-order chi connectivity index (χ0) is 16.2. The van der Waals surface area contributed by atoms with Gasteiger partial charge in [0.2, 0.25) is 0 Å². The van der Waals surface area contributed by atoms with E-state index in [1.165, 1.54) is 0 Å². The average Bonchev–Trinajstić information content (AvgIpc) is 2.95. The highest BCUT2D eigenvalue weighted by Crippen LogP contribution is 2.16. The molecule has 122 valence electrons. The maximum Gasteiger partial charge on any atom is 0.317 e. The van der Waals surface area contributed by atoms with Gasteiger partial charge in [0.05, 0.1) is 6.54 Å². The van der Waals surface area contributed by atoms with Crippen LogP contribution in [0.5, 0.6) is 0 Å². The number of hydrogen-bond donors (Lipinski definition) is 2. The van der Waals surface area contributed by atoms with Gasteiger partial charge in [-0.15, -0.1) is 10.2 Å². The van der Waals surface area contributed by atoms with Gasteiger partial charge in [-0.25, -0.2) is 4.79 Å². The number of rotatable bonds is 3. The summed E-state index contributed by atoms with van der Waals surface area (Å²) in [6.45, 7) is 1.78. The van der Waals surface area contributed by atoms with E-state index in [2.05, 4.69) is 15.5 Å². The molecular weight excluding hydrogens is 292 g/mol. The largest absolute Gasteiger partial charge is 0.331 e. The Morgan fingerprint density at radius 1 is 1.26 bits per heavy atom. The van der Waals surface area contributed by atoms with Gasteiger partial charge in [0.1, 0.15) is 0 Å². The van der Waals surface area contributed by atoms with Crippen LogP contribution in [0, 0.1) is 0 Å². The molecule has 23 heavy (non-hydrogen) atoms. The van der Waals surface area contributed by atoms with Gasteiger partial charge in [-0.1, -0.05) is 30.3 Å². The highest BCUT2D eigenvalue weighted by Gasteiger charge is 2.20. The monoisotopic (exact) mass is 314 g/mol. The van der Waals surface area contributed by atoms with Crippen LogP contribution in [0.1, 0.15) is 18.7 Å². The molecule has 1 aliphatic heterocycles. The number of nitrogens with one attached hydrogen (secondary N) is 1. The second-order valence-electron chi connectivity index (χ2n) is 5.85. The molecule has 7 nitrogen and oxygen atoms in total. The van der Waals surface area contributed by atoms with Crippen molar-refractivity contribution in [3.8, 4) is 11.4 Å². The standard InChI is InChI=1S/C16H22N6O/c1-21-14(19-20-15(21)12-5-3-2-4-6-12)11-18-16(23)22-9-7-13(17)8-10-22/h2-6,13H,7-11,17H2,1H3,(H,18,23). The minimum absolute atomic E-state index is 0.0684. The molecule has 0 radical (unpaired) electrons.